The van der Waals surface area contributed by atoms with Crippen molar-refractivity contribution in [3.05, 3.63) is 0 Å². The van der Waals surface area contributed by atoms with Gasteiger partial charge < -0.3 is 15.2 Å². The summed E-state index contributed by atoms with van der Waals surface area (Å²) in [5.74, 6) is 0.743. The van der Waals surface area contributed by atoms with Crippen LogP contribution in [0.4, 0.5) is 0 Å². The van der Waals surface area contributed by atoms with E-state index in [1.54, 1.807) is 0 Å². The normalized spacial score (nSPS) is 28.3. The maximum Gasteiger partial charge on any atom is 0.0897 e. The van der Waals surface area contributed by atoms with E-state index >= 15 is 0 Å². The molecule has 0 aliphatic heterocycles. The third kappa shape index (κ3) is 5.28. The Bertz CT molecular complexity index is 185. The maximum atomic E-state index is 9.73. The number of ether oxygens (including phenoxy) is 1. The lowest BCUT2D eigenvalue weighted by molar-refractivity contribution is 0.00430. The number of nitrogens with one attached hydrogen (secondary N) is 1. The van der Waals surface area contributed by atoms with Gasteiger partial charge in [0.05, 0.1) is 18.8 Å². The van der Waals surface area contributed by atoms with Crippen LogP contribution >= 0.6 is 0 Å². The molecule has 0 aromatic heterocycles. The van der Waals surface area contributed by atoms with Crippen LogP contribution in [0.1, 0.15) is 46.5 Å². The fourth-order valence-corrected chi connectivity index (χ4v) is 2.27. The molecule has 1 aliphatic rings. The zero-order valence-corrected chi connectivity index (χ0v) is 10.9. The van der Waals surface area contributed by atoms with Crippen molar-refractivity contribution in [2.45, 2.75) is 64.7 Å². The van der Waals surface area contributed by atoms with Gasteiger partial charge in [0.2, 0.25) is 0 Å². The van der Waals surface area contributed by atoms with Gasteiger partial charge in [-0.15, -0.1) is 0 Å². The van der Waals surface area contributed by atoms with E-state index in [2.05, 4.69) is 12.2 Å². The van der Waals surface area contributed by atoms with Gasteiger partial charge in [0.15, 0.2) is 0 Å². The highest BCUT2D eigenvalue weighted by Gasteiger charge is 2.21. The summed E-state index contributed by atoms with van der Waals surface area (Å²) in [7, 11) is 0. The summed E-state index contributed by atoms with van der Waals surface area (Å²) < 4.78 is 5.38. The summed E-state index contributed by atoms with van der Waals surface area (Å²) >= 11 is 0. The summed E-state index contributed by atoms with van der Waals surface area (Å²) in [4.78, 5) is 0. The van der Waals surface area contributed by atoms with E-state index in [-0.39, 0.29) is 12.2 Å². The Labute approximate surface area is 99.6 Å². The monoisotopic (exact) mass is 229 g/mol. The van der Waals surface area contributed by atoms with E-state index in [1.807, 2.05) is 13.8 Å². The number of aliphatic hydroxyl groups is 1. The third-order valence-electron chi connectivity index (χ3n) is 3.35. The molecule has 3 unspecified atom stereocenters. The minimum absolute atomic E-state index is 0.197. The number of hydrogen-bond donors (Lipinski definition) is 2. The Morgan fingerprint density at radius 2 is 2.00 bits per heavy atom. The van der Waals surface area contributed by atoms with Crippen LogP contribution in [0.25, 0.3) is 0 Å². The molecule has 16 heavy (non-hydrogen) atoms. The van der Waals surface area contributed by atoms with Gasteiger partial charge in [-0.05, 0) is 32.6 Å². The van der Waals surface area contributed by atoms with Gasteiger partial charge in [0.25, 0.3) is 0 Å². The van der Waals surface area contributed by atoms with Crippen LogP contribution < -0.4 is 5.32 Å². The van der Waals surface area contributed by atoms with E-state index in [9.17, 15) is 5.11 Å². The molecule has 1 aliphatic carbocycles. The van der Waals surface area contributed by atoms with Crippen LogP contribution in [0.2, 0.25) is 0 Å². The molecule has 0 amide bonds. The molecule has 3 heteroatoms. The Morgan fingerprint density at radius 3 is 2.62 bits per heavy atom. The molecule has 0 radical (unpaired) electrons. The van der Waals surface area contributed by atoms with Crippen molar-refractivity contribution in [3.8, 4) is 0 Å². The van der Waals surface area contributed by atoms with Gasteiger partial charge >= 0.3 is 0 Å². The van der Waals surface area contributed by atoms with Crippen LogP contribution in [0.15, 0.2) is 0 Å². The van der Waals surface area contributed by atoms with Crippen molar-refractivity contribution in [3.63, 3.8) is 0 Å². The molecule has 1 rings (SSSR count). The molecule has 3 atom stereocenters. The average molecular weight is 229 g/mol. The van der Waals surface area contributed by atoms with Crippen molar-refractivity contribution in [1.82, 2.24) is 5.32 Å². The van der Waals surface area contributed by atoms with Gasteiger partial charge in [-0.25, -0.2) is 0 Å². The molecule has 1 fully saturated rings. The summed E-state index contributed by atoms with van der Waals surface area (Å²) in [6.45, 7) is 7.37. The second kappa shape index (κ2) is 7.25. The summed E-state index contributed by atoms with van der Waals surface area (Å²) in [5, 5.41) is 13.2. The predicted molar refractivity (Wildman–Crippen MR) is 66.5 cm³/mol. The van der Waals surface area contributed by atoms with E-state index in [4.69, 9.17) is 4.74 Å². The summed E-state index contributed by atoms with van der Waals surface area (Å²) in [6, 6.07) is 0.586. The predicted octanol–water partition coefficient (Wildman–Crippen LogP) is 1.94. The lowest BCUT2D eigenvalue weighted by atomic mass is 9.86. The van der Waals surface area contributed by atoms with E-state index in [1.165, 1.54) is 25.7 Å². The summed E-state index contributed by atoms with van der Waals surface area (Å²) in [5.41, 5.74) is 0. The topological polar surface area (TPSA) is 41.5 Å². The van der Waals surface area contributed by atoms with Gasteiger partial charge in [0, 0.05) is 12.6 Å². The Kier molecular flexibility index (Phi) is 6.32. The maximum absolute atomic E-state index is 9.73. The molecule has 0 heterocycles. The van der Waals surface area contributed by atoms with Crippen molar-refractivity contribution in [1.29, 1.82) is 0 Å². The van der Waals surface area contributed by atoms with Crippen LogP contribution in [0.5, 0.6) is 0 Å². The van der Waals surface area contributed by atoms with E-state index in [0.717, 1.165) is 5.92 Å². The van der Waals surface area contributed by atoms with E-state index in [0.29, 0.717) is 19.2 Å². The van der Waals surface area contributed by atoms with Gasteiger partial charge in [0.1, 0.15) is 0 Å². The molecule has 3 nitrogen and oxygen atoms in total. The van der Waals surface area contributed by atoms with Gasteiger partial charge in [-0.2, -0.15) is 0 Å². The Hall–Kier alpha value is -0.120. The first-order valence-corrected chi connectivity index (χ1v) is 6.62. The first-order valence-electron chi connectivity index (χ1n) is 6.62. The molecular weight excluding hydrogens is 202 g/mol. The Balaban J connectivity index is 2.12. The smallest absolute Gasteiger partial charge is 0.0897 e. The second-order valence-electron chi connectivity index (χ2n) is 5.31. The molecule has 0 bridgehead atoms. The van der Waals surface area contributed by atoms with Crippen molar-refractivity contribution in [2.75, 3.05) is 13.2 Å². The fraction of sp³-hybridized carbons (Fsp3) is 1.00. The van der Waals surface area contributed by atoms with Crippen LogP contribution in [0, 0.1) is 5.92 Å². The minimum Gasteiger partial charge on any atom is -0.389 e. The quantitative estimate of drug-likeness (QED) is 0.731. The number of rotatable bonds is 6. The SMILES string of the molecule is CC(C)OCC(O)CNC1CCCCC1C. The van der Waals surface area contributed by atoms with Gasteiger partial charge in [-0.1, -0.05) is 19.8 Å². The van der Waals surface area contributed by atoms with E-state index < -0.39 is 0 Å². The fourth-order valence-electron chi connectivity index (χ4n) is 2.27. The first kappa shape index (κ1) is 13.9. The molecular formula is C13H27NO2. The van der Waals surface area contributed by atoms with Crippen LogP contribution in [0.3, 0.4) is 0 Å². The van der Waals surface area contributed by atoms with Crippen molar-refractivity contribution < 1.29 is 9.84 Å². The molecule has 2 N–H and O–H groups in total. The standard InChI is InChI=1S/C13H27NO2/c1-10(2)16-9-12(15)8-14-13-7-5-4-6-11(13)3/h10-15H,4-9H2,1-3H3. The highest BCUT2D eigenvalue weighted by molar-refractivity contribution is 4.78. The first-order chi connectivity index (χ1) is 7.59. The van der Waals surface area contributed by atoms with Crippen LogP contribution in [-0.2, 0) is 4.74 Å². The molecule has 0 aromatic rings. The zero-order chi connectivity index (χ0) is 12.0. The minimum atomic E-state index is -0.378. The molecule has 0 aromatic carbocycles. The largest absolute Gasteiger partial charge is 0.389 e. The molecule has 0 spiro atoms. The molecule has 0 saturated heterocycles. The van der Waals surface area contributed by atoms with Gasteiger partial charge in [-0.3, -0.25) is 0 Å². The van der Waals surface area contributed by atoms with Crippen molar-refractivity contribution >= 4 is 0 Å². The Morgan fingerprint density at radius 1 is 1.31 bits per heavy atom. The third-order valence-corrected chi connectivity index (χ3v) is 3.35. The lowest BCUT2D eigenvalue weighted by Crippen LogP contribution is -2.42. The zero-order valence-electron chi connectivity index (χ0n) is 10.9. The second-order valence-corrected chi connectivity index (χ2v) is 5.31. The number of aliphatic hydroxyl groups excluding tert-OH is 1. The molecule has 96 valence electrons. The van der Waals surface area contributed by atoms with Crippen LogP contribution in [-0.4, -0.2) is 36.5 Å². The number of hydrogen-bond acceptors (Lipinski definition) is 3. The molecule has 1 saturated carbocycles. The average Bonchev–Trinajstić information content (AvgIpc) is 2.25. The highest BCUT2D eigenvalue weighted by atomic mass is 16.5. The highest BCUT2D eigenvalue weighted by Crippen LogP contribution is 2.23. The summed E-state index contributed by atoms with van der Waals surface area (Å²) in [6.07, 6.45) is 5.06. The van der Waals surface area contributed by atoms with Crippen molar-refractivity contribution in [2.24, 2.45) is 5.92 Å². The lowest BCUT2D eigenvalue weighted by Gasteiger charge is -2.30.